The van der Waals surface area contributed by atoms with Gasteiger partial charge in [0.2, 0.25) is 0 Å². The highest BCUT2D eigenvalue weighted by molar-refractivity contribution is 5.98. The zero-order chi connectivity index (χ0) is 14.4. The Hall–Kier alpha value is -1.64. The number of ether oxygens (including phenoxy) is 1. The minimum Gasteiger partial charge on any atom is -0.469 e. The van der Waals surface area contributed by atoms with Crippen molar-refractivity contribution in [2.24, 2.45) is 5.92 Å². The van der Waals surface area contributed by atoms with Gasteiger partial charge in [-0.15, -0.1) is 0 Å². The van der Waals surface area contributed by atoms with Crippen molar-refractivity contribution in [2.75, 3.05) is 7.11 Å². The van der Waals surface area contributed by atoms with Gasteiger partial charge < -0.3 is 4.74 Å². The van der Waals surface area contributed by atoms with Crippen molar-refractivity contribution in [3.05, 3.63) is 35.4 Å². The third-order valence-electron chi connectivity index (χ3n) is 3.15. The van der Waals surface area contributed by atoms with Gasteiger partial charge in [0.15, 0.2) is 5.78 Å². The van der Waals surface area contributed by atoms with E-state index in [4.69, 9.17) is 0 Å². The molecule has 0 amide bonds. The lowest BCUT2D eigenvalue weighted by Gasteiger charge is -2.11. The summed E-state index contributed by atoms with van der Waals surface area (Å²) in [6.45, 7) is 6.18. The van der Waals surface area contributed by atoms with Gasteiger partial charge >= 0.3 is 5.97 Å². The molecule has 0 saturated carbocycles. The summed E-state index contributed by atoms with van der Waals surface area (Å²) in [5.41, 5.74) is 2.22. The van der Waals surface area contributed by atoms with Crippen molar-refractivity contribution < 1.29 is 14.3 Å². The lowest BCUT2D eigenvalue weighted by molar-refractivity contribution is -0.143. The van der Waals surface area contributed by atoms with Crippen LogP contribution >= 0.6 is 0 Å². The van der Waals surface area contributed by atoms with Gasteiger partial charge in [0.1, 0.15) is 6.42 Å². The number of benzene rings is 1. The SMILES string of the molecule is COC(=O)CC(=O)[C@@H](C)c1ccc(CC(C)C)cc1. The maximum absolute atomic E-state index is 11.9. The summed E-state index contributed by atoms with van der Waals surface area (Å²) in [5, 5.41) is 0. The number of ketones is 1. The highest BCUT2D eigenvalue weighted by Crippen LogP contribution is 2.19. The normalized spacial score (nSPS) is 12.3. The van der Waals surface area contributed by atoms with Crippen LogP contribution in [0.5, 0.6) is 0 Å². The van der Waals surface area contributed by atoms with Crippen LogP contribution in [-0.4, -0.2) is 18.9 Å². The molecule has 0 bridgehead atoms. The van der Waals surface area contributed by atoms with Gasteiger partial charge in [0.25, 0.3) is 0 Å². The molecule has 0 heterocycles. The monoisotopic (exact) mass is 262 g/mol. The van der Waals surface area contributed by atoms with Gasteiger partial charge in [0, 0.05) is 5.92 Å². The fraction of sp³-hybridized carbons (Fsp3) is 0.500. The van der Waals surface area contributed by atoms with Crippen molar-refractivity contribution in [2.45, 2.75) is 39.5 Å². The van der Waals surface area contributed by atoms with Crippen molar-refractivity contribution in [3.8, 4) is 0 Å². The van der Waals surface area contributed by atoms with Crippen LogP contribution in [0.1, 0.15) is 44.2 Å². The second-order valence-corrected chi connectivity index (χ2v) is 5.28. The highest BCUT2D eigenvalue weighted by Gasteiger charge is 2.18. The minimum absolute atomic E-state index is 0.108. The van der Waals surface area contributed by atoms with Crippen LogP contribution in [0.2, 0.25) is 0 Å². The molecular formula is C16H22O3. The molecule has 3 heteroatoms. The number of Topliss-reactive ketones (excluding diaryl/α,β-unsaturated/α-hetero) is 1. The number of esters is 1. The molecule has 0 fully saturated rings. The van der Waals surface area contributed by atoms with Crippen molar-refractivity contribution in [1.82, 2.24) is 0 Å². The van der Waals surface area contributed by atoms with Crippen LogP contribution in [0.3, 0.4) is 0 Å². The number of carbonyl (C=O) groups excluding carboxylic acids is 2. The van der Waals surface area contributed by atoms with E-state index in [0.717, 1.165) is 12.0 Å². The Bertz CT molecular complexity index is 432. The Labute approximate surface area is 115 Å². The first-order chi connectivity index (χ1) is 8.93. The second-order valence-electron chi connectivity index (χ2n) is 5.28. The zero-order valence-electron chi connectivity index (χ0n) is 12.1. The summed E-state index contributed by atoms with van der Waals surface area (Å²) < 4.78 is 4.51. The summed E-state index contributed by atoms with van der Waals surface area (Å²) in [6.07, 6.45) is 0.871. The first-order valence-electron chi connectivity index (χ1n) is 6.62. The molecule has 0 aliphatic heterocycles. The van der Waals surface area contributed by atoms with E-state index in [1.54, 1.807) is 0 Å². The molecule has 104 valence electrons. The number of methoxy groups -OCH3 is 1. The summed E-state index contributed by atoms with van der Waals surface area (Å²) in [4.78, 5) is 23.0. The Kier molecular flexibility index (Phi) is 5.74. The molecule has 0 aliphatic rings. The Balaban J connectivity index is 2.69. The minimum atomic E-state index is -0.478. The predicted molar refractivity (Wildman–Crippen MR) is 75.0 cm³/mol. The molecular weight excluding hydrogens is 240 g/mol. The fourth-order valence-corrected chi connectivity index (χ4v) is 1.97. The Morgan fingerprint density at radius 2 is 1.68 bits per heavy atom. The van der Waals surface area contributed by atoms with E-state index in [0.29, 0.717) is 5.92 Å². The Morgan fingerprint density at radius 1 is 1.11 bits per heavy atom. The summed E-state index contributed by atoms with van der Waals surface area (Å²) in [5.74, 6) is -0.242. The molecule has 0 aliphatic carbocycles. The van der Waals surface area contributed by atoms with Crippen LogP contribution < -0.4 is 0 Å². The number of carbonyl (C=O) groups is 2. The zero-order valence-corrected chi connectivity index (χ0v) is 12.1. The summed E-state index contributed by atoms with van der Waals surface area (Å²) in [6, 6.07) is 8.05. The molecule has 1 atom stereocenters. The predicted octanol–water partition coefficient (Wildman–Crippen LogP) is 3.12. The lowest BCUT2D eigenvalue weighted by atomic mass is 9.93. The molecule has 0 unspecified atom stereocenters. The first kappa shape index (κ1) is 15.4. The number of rotatable bonds is 6. The van der Waals surface area contributed by atoms with Gasteiger partial charge in [-0.2, -0.15) is 0 Å². The van der Waals surface area contributed by atoms with Gasteiger partial charge in [-0.05, 0) is 23.5 Å². The smallest absolute Gasteiger partial charge is 0.313 e. The van der Waals surface area contributed by atoms with Gasteiger partial charge in [-0.1, -0.05) is 45.0 Å². The van der Waals surface area contributed by atoms with E-state index < -0.39 is 5.97 Å². The van der Waals surface area contributed by atoms with E-state index >= 15 is 0 Å². The largest absolute Gasteiger partial charge is 0.469 e. The van der Waals surface area contributed by atoms with Crippen LogP contribution in [0.15, 0.2) is 24.3 Å². The number of hydrogen-bond donors (Lipinski definition) is 0. The molecule has 1 rings (SSSR count). The quantitative estimate of drug-likeness (QED) is 0.584. The molecule has 1 aromatic rings. The van der Waals surface area contributed by atoms with E-state index in [1.807, 2.05) is 19.1 Å². The van der Waals surface area contributed by atoms with E-state index in [-0.39, 0.29) is 18.1 Å². The van der Waals surface area contributed by atoms with E-state index in [1.165, 1.54) is 12.7 Å². The highest BCUT2D eigenvalue weighted by atomic mass is 16.5. The molecule has 3 nitrogen and oxygen atoms in total. The molecule has 0 radical (unpaired) electrons. The van der Waals surface area contributed by atoms with Crippen LogP contribution in [-0.2, 0) is 20.7 Å². The van der Waals surface area contributed by atoms with E-state index in [9.17, 15) is 9.59 Å². The number of hydrogen-bond acceptors (Lipinski definition) is 3. The lowest BCUT2D eigenvalue weighted by Crippen LogP contribution is -2.15. The van der Waals surface area contributed by atoms with Gasteiger partial charge in [-0.3, -0.25) is 9.59 Å². The molecule has 0 aromatic heterocycles. The second kappa shape index (κ2) is 7.07. The van der Waals surface area contributed by atoms with Crippen LogP contribution in [0.4, 0.5) is 0 Å². The molecule has 0 saturated heterocycles. The van der Waals surface area contributed by atoms with Crippen molar-refractivity contribution >= 4 is 11.8 Å². The topological polar surface area (TPSA) is 43.4 Å². The fourth-order valence-electron chi connectivity index (χ4n) is 1.97. The summed E-state index contributed by atoms with van der Waals surface area (Å²) >= 11 is 0. The van der Waals surface area contributed by atoms with Crippen molar-refractivity contribution in [1.29, 1.82) is 0 Å². The first-order valence-corrected chi connectivity index (χ1v) is 6.62. The maximum Gasteiger partial charge on any atom is 0.313 e. The average molecular weight is 262 g/mol. The average Bonchev–Trinajstić information content (AvgIpc) is 2.37. The molecule has 0 spiro atoms. The summed E-state index contributed by atoms with van der Waals surface area (Å²) in [7, 11) is 1.29. The Morgan fingerprint density at radius 3 is 2.16 bits per heavy atom. The van der Waals surface area contributed by atoms with Crippen molar-refractivity contribution in [3.63, 3.8) is 0 Å². The van der Waals surface area contributed by atoms with Gasteiger partial charge in [0.05, 0.1) is 7.11 Å². The van der Waals surface area contributed by atoms with Crippen LogP contribution in [0.25, 0.3) is 0 Å². The van der Waals surface area contributed by atoms with Crippen LogP contribution in [0, 0.1) is 5.92 Å². The standard InChI is InChI=1S/C16H22O3/c1-11(2)9-13-5-7-14(8-6-13)12(3)15(17)10-16(18)19-4/h5-8,11-12H,9-10H2,1-4H3/t12-/m0/s1. The third-order valence-corrected chi connectivity index (χ3v) is 3.15. The third kappa shape index (κ3) is 4.86. The molecule has 1 aromatic carbocycles. The van der Waals surface area contributed by atoms with Gasteiger partial charge in [-0.25, -0.2) is 0 Å². The molecule has 19 heavy (non-hydrogen) atoms. The molecule has 0 N–H and O–H groups in total. The maximum atomic E-state index is 11.9. The van der Waals surface area contributed by atoms with E-state index in [2.05, 4.69) is 30.7 Å².